The lowest BCUT2D eigenvalue weighted by atomic mass is 9.96. The van der Waals surface area contributed by atoms with Crippen molar-refractivity contribution >= 4 is 17.4 Å². The first kappa shape index (κ1) is 23.7. The van der Waals surface area contributed by atoms with Gasteiger partial charge >= 0.3 is 0 Å². The zero-order valence-corrected chi connectivity index (χ0v) is 20.3. The molecule has 2 saturated heterocycles. The van der Waals surface area contributed by atoms with Gasteiger partial charge < -0.3 is 26.4 Å². The molecule has 2 aliphatic rings. The Balaban J connectivity index is 1.35. The van der Waals surface area contributed by atoms with Crippen molar-refractivity contribution in [1.29, 1.82) is 0 Å². The van der Waals surface area contributed by atoms with Crippen LogP contribution in [-0.2, 0) is 4.79 Å². The molecule has 4 atom stereocenters. The molecule has 0 spiro atoms. The quantitative estimate of drug-likeness (QED) is 0.496. The molecule has 2 aliphatic heterocycles. The number of aromatic nitrogens is 3. The molecule has 186 valence electrons. The Hall–Kier alpha value is -3.01. The largest absolute Gasteiger partial charge is 0.388 e. The lowest BCUT2D eigenvalue weighted by Gasteiger charge is -2.36. The Labute approximate surface area is 205 Å². The summed E-state index contributed by atoms with van der Waals surface area (Å²) in [6.07, 6.45) is 5.15. The summed E-state index contributed by atoms with van der Waals surface area (Å²) in [4.78, 5) is 22.4. The number of nitrogens with two attached hydrogens (primary N) is 2. The smallest absolute Gasteiger partial charge is 0.240 e. The van der Waals surface area contributed by atoms with Crippen LogP contribution in [0.4, 0.5) is 5.82 Å². The number of nitrogens with zero attached hydrogens (tertiary/aromatic N) is 5. The molecule has 0 bridgehead atoms. The van der Waals surface area contributed by atoms with Crippen LogP contribution in [0, 0.1) is 6.92 Å². The maximum Gasteiger partial charge on any atom is 0.240 e. The maximum absolute atomic E-state index is 13.4. The highest BCUT2D eigenvalue weighted by atomic mass is 16.3. The van der Waals surface area contributed by atoms with Crippen LogP contribution in [0.3, 0.4) is 0 Å². The highest BCUT2D eigenvalue weighted by Crippen LogP contribution is 2.32. The van der Waals surface area contributed by atoms with Gasteiger partial charge in [0.2, 0.25) is 5.91 Å². The van der Waals surface area contributed by atoms with E-state index in [2.05, 4.69) is 4.90 Å². The first-order valence-electron chi connectivity index (χ1n) is 12.6. The van der Waals surface area contributed by atoms with Crippen molar-refractivity contribution in [2.45, 2.75) is 63.3 Å². The van der Waals surface area contributed by atoms with E-state index in [0.29, 0.717) is 6.54 Å². The van der Waals surface area contributed by atoms with Gasteiger partial charge in [0.15, 0.2) is 5.65 Å². The molecular formula is C26H35N7O2. The van der Waals surface area contributed by atoms with E-state index < -0.39 is 12.1 Å². The number of anilines is 1. The number of likely N-dealkylation sites (tertiary alicyclic amines) is 1. The number of aliphatic hydroxyl groups is 1. The van der Waals surface area contributed by atoms with E-state index in [1.807, 2.05) is 54.4 Å². The Morgan fingerprint density at radius 3 is 2.74 bits per heavy atom. The third-order valence-corrected chi connectivity index (χ3v) is 7.25. The molecule has 4 heterocycles. The van der Waals surface area contributed by atoms with Crippen LogP contribution in [0.1, 0.15) is 61.1 Å². The van der Waals surface area contributed by atoms with E-state index in [-0.39, 0.29) is 24.4 Å². The molecule has 5 N–H and O–H groups in total. The molecule has 3 aromatic rings. The lowest BCUT2D eigenvalue weighted by Crippen LogP contribution is -2.48. The second kappa shape index (κ2) is 9.93. The number of aryl methyl sites for hydroxylation is 1. The van der Waals surface area contributed by atoms with Crippen molar-refractivity contribution < 1.29 is 9.90 Å². The van der Waals surface area contributed by atoms with E-state index in [0.717, 1.165) is 67.1 Å². The number of benzene rings is 1. The molecule has 35 heavy (non-hydrogen) atoms. The van der Waals surface area contributed by atoms with Crippen molar-refractivity contribution in [3.8, 4) is 0 Å². The van der Waals surface area contributed by atoms with E-state index >= 15 is 0 Å². The number of fused-ring (bicyclic) bond motifs is 1. The van der Waals surface area contributed by atoms with Gasteiger partial charge in [-0.3, -0.25) is 4.79 Å². The standard InChI is InChI=1S/C26H35N7O2/c1-17-15-33-24(29-25(17)31-12-10-19(27)16-31)14-21(30-33)22-9-5-6-11-32(22)26(35)20(28)13-23(34)18-7-3-2-4-8-18/h2-4,7-8,14-15,19-20,22-23,34H,5-6,9-13,16,27-28H2,1H3/t19-,20?,22-,23?/m0/s1. The monoisotopic (exact) mass is 477 g/mol. The number of rotatable bonds is 6. The molecule has 9 nitrogen and oxygen atoms in total. The molecule has 2 aromatic heterocycles. The van der Waals surface area contributed by atoms with Crippen molar-refractivity contribution in [2.75, 3.05) is 24.5 Å². The summed E-state index contributed by atoms with van der Waals surface area (Å²) in [5.74, 6) is 0.808. The molecule has 2 unspecified atom stereocenters. The zero-order valence-electron chi connectivity index (χ0n) is 20.3. The third kappa shape index (κ3) is 4.89. The first-order chi connectivity index (χ1) is 16.9. The van der Waals surface area contributed by atoms with Gasteiger partial charge in [0.05, 0.1) is 23.9 Å². The Kier molecular flexibility index (Phi) is 6.73. The number of hydrogen-bond donors (Lipinski definition) is 3. The van der Waals surface area contributed by atoms with Crippen LogP contribution in [-0.4, -0.2) is 62.2 Å². The number of hydrogen-bond acceptors (Lipinski definition) is 7. The van der Waals surface area contributed by atoms with E-state index in [1.165, 1.54) is 0 Å². The van der Waals surface area contributed by atoms with Crippen LogP contribution in [0.15, 0.2) is 42.6 Å². The number of carbonyl (C=O) groups is 1. The van der Waals surface area contributed by atoms with Gasteiger partial charge in [-0.2, -0.15) is 5.10 Å². The summed E-state index contributed by atoms with van der Waals surface area (Å²) in [5.41, 5.74) is 15.8. The molecule has 0 radical (unpaired) electrons. The average Bonchev–Trinajstić information content (AvgIpc) is 3.49. The summed E-state index contributed by atoms with van der Waals surface area (Å²) in [5, 5.41) is 15.4. The lowest BCUT2D eigenvalue weighted by molar-refractivity contribution is -0.137. The minimum absolute atomic E-state index is 0.141. The zero-order chi connectivity index (χ0) is 24.5. The maximum atomic E-state index is 13.4. The predicted octanol–water partition coefficient (Wildman–Crippen LogP) is 2.08. The normalized spacial score (nSPS) is 22.5. The number of carbonyl (C=O) groups excluding carboxylic acids is 1. The Morgan fingerprint density at radius 2 is 2.00 bits per heavy atom. The van der Waals surface area contributed by atoms with Gasteiger partial charge in [0.25, 0.3) is 0 Å². The van der Waals surface area contributed by atoms with Crippen molar-refractivity contribution in [3.63, 3.8) is 0 Å². The summed E-state index contributed by atoms with van der Waals surface area (Å²) in [6.45, 7) is 4.39. The average molecular weight is 478 g/mol. The van der Waals surface area contributed by atoms with Crippen molar-refractivity contribution in [2.24, 2.45) is 11.5 Å². The number of aliphatic hydroxyl groups excluding tert-OH is 1. The van der Waals surface area contributed by atoms with Gasteiger partial charge in [0, 0.05) is 49.9 Å². The van der Waals surface area contributed by atoms with Crippen LogP contribution >= 0.6 is 0 Å². The van der Waals surface area contributed by atoms with Gasteiger partial charge in [-0.25, -0.2) is 9.50 Å². The Bertz CT molecular complexity index is 1180. The number of piperidine rings is 1. The van der Waals surface area contributed by atoms with Crippen molar-refractivity contribution in [3.05, 3.63) is 59.4 Å². The topological polar surface area (TPSA) is 126 Å². The van der Waals surface area contributed by atoms with Crippen molar-refractivity contribution in [1.82, 2.24) is 19.5 Å². The summed E-state index contributed by atoms with van der Waals surface area (Å²) < 4.78 is 1.81. The molecule has 9 heteroatoms. The van der Waals surface area contributed by atoms with Crippen LogP contribution < -0.4 is 16.4 Å². The predicted molar refractivity (Wildman–Crippen MR) is 135 cm³/mol. The summed E-state index contributed by atoms with van der Waals surface area (Å²) in [7, 11) is 0. The SMILES string of the molecule is Cc1cn2nc([C@@H]3CCCCN3C(=O)C(N)CC(O)c3ccccc3)cc2nc1N1CC[C@H](N)C1. The van der Waals surface area contributed by atoms with Gasteiger partial charge in [0.1, 0.15) is 5.82 Å². The number of amides is 1. The van der Waals surface area contributed by atoms with E-state index in [1.54, 1.807) is 4.52 Å². The molecule has 5 rings (SSSR count). The fourth-order valence-corrected chi connectivity index (χ4v) is 5.35. The first-order valence-corrected chi connectivity index (χ1v) is 12.6. The fourth-order valence-electron chi connectivity index (χ4n) is 5.35. The highest BCUT2D eigenvalue weighted by Gasteiger charge is 2.33. The van der Waals surface area contributed by atoms with E-state index in [4.69, 9.17) is 21.5 Å². The van der Waals surface area contributed by atoms with Gasteiger partial charge in [-0.05, 0) is 38.2 Å². The van der Waals surface area contributed by atoms with Gasteiger partial charge in [-0.1, -0.05) is 30.3 Å². The molecule has 1 aromatic carbocycles. The molecule has 0 saturated carbocycles. The third-order valence-electron chi connectivity index (χ3n) is 7.25. The molecule has 0 aliphatic carbocycles. The summed E-state index contributed by atoms with van der Waals surface area (Å²) in [6, 6.07) is 10.6. The van der Waals surface area contributed by atoms with E-state index in [9.17, 15) is 9.90 Å². The minimum Gasteiger partial charge on any atom is -0.388 e. The molecule has 2 fully saturated rings. The molecule has 1 amide bonds. The fraction of sp³-hybridized carbons (Fsp3) is 0.500. The Morgan fingerprint density at radius 1 is 1.20 bits per heavy atom. The highest BCUT2D eigenvalue weighted by molar-refractivity contribution is 5.82. The second-order valence-corrected chi connectivity index (χ2v) is 9.93. The summed E-state index contributed by atoms with van der Waals surface area (Å²) >= 11 is 0. The van der Waals surface area contributed by atoms with Crippen LogP contribution in [0.25, 0.3) is 5.65 Å². The van der Waals surface area contributed by atoms with Gasteiger partial charge in [-0.15, -0.1) is 0 Å². The minimum atomic E-state index is -0.783. The van der Waals surface area contributed by atoms with Crippen LogP contribution in [0.2, 0.25) is 0 Å². The second-order valence-electron chi connectivity index (χ2n) is 9.93. The van der Waals surface area contributed by atoms with Crippen LogP contribution in [0.5, 0.6) is 0 Å². The molecular weight excluding hydrogens is 442 g/mol.